The van der Waals surface area contributed by atoms with E-state index in [2.05, 4.69) is 15.5 Å². The van der Waals surface area contributed by atoms with Crippen molar-refractivity contribution in [2.24, 2.45) is 0 Å². The van der Waals surface area contributed by atoms with E-state index in [9.17, 15) is 14.4 Å². The van der Waals surface area contributed by atoms with Crippen molar-refractivity contribution < 1.29 is 19.1 Å². The van der Waals surface area contributed by atoms with Crippen LogP contribution in [0.3, 0.4) is 0 Å². The molecule has 0 aliphatic rings. The molecule has 0 saturated carbocycles. The van der Waals surface area contributed by atoms with Crippen molar-refractivity contribution in [1.82, 2.24) is 15.8 Å². The van der Waals surface area contributed by atoms with E-state index in [1.54, 1.807) is 0 Å². The number of methoxy groups -OCH3 is 1. The van der Waals surface area contributed by atoms with Crippen molar-refractivity contribution >= 4 is 17.9 Å². The van der Waals surface area contributed by atoms with Crippen LogP contribution in [0.1, 0.15) is 12.5 Å². The van der Waals surface area contributed by atoms with Gasteiger partial charge in [-0.3, -0.25) is 15.0 Å². The molecular formula is C14H19N3O4. The number of benzene rings is 1. The van der Waals surface area contributed by atoms with Gasteiger partial charge >= 0.3 is 6.09 Å². The molecule has 0 aliphatic heterocycles. The van der Waals surface area contributed by atoms with Gasteiger partial charge in [-0.25, -0.2) is 9.80 Å². The van der Waals surface area contributed by atoms with Crippen molar-refractivity contribution in [1.29, 1.82) is 0 Å². The molecule has 7 nitrogen and oxygen atoms in total. The van der Waals surface area contributed by atoms with Crippen LogP contribution in [0.2, 0.25) is 0 Å². The molecule has 0 bridgehead atoms. The summed E-state index contributed by atoms with van der Waals surface area (Å²) in [5, 5.41) is 3.48. The van der Waals surface area contributed by atoms with Gasteiger partial charge in [0.15, 0.2) is 0 Å². The van der Waals surface area contributed by atoms with Crippen molar-refractivity contribution in [3.8, 4) is 0 Å². The predicted molar refractivity (Wildman–Crippen MR) is 76.1 cm³/mol. The Hall–Kier alpha value is -2.57. The molecule has 0 heterocycles. The number of hydrazine groups is 1. The summed E-state index contributed by atoms with van der Waals surface area (Å²) >= 11 is 0. The Bertz CT molecular complexity index is 504. The molecule has 21 heavy (non-hydrogen) atoms. The summed E-state index contributed by atoms with van der Waals surface area (Å²) in [7, 11) is 2.57. The number of nitrogens with one attached hydrogen (secondary N) is 2. The monoisotopic (exact) mass is 293 g/mol. The highest BCUT2D eigenvalue weighted by atomic mass is 16.5. The second-order valence-corrected chi connectivity index (χ2v) is 4.45. The first kappa shape index (κ1) is 16.5. The molecule has 1 atom stereocenters. The lowest BCUT2D eigenvalue weighted by atomic mass is 10.1. The van der Waals surface area contributed by atoms with E-state index in [1.165, 1.54) is 21.1 Å². The molecule has 3 amide bonds. The maximum atomic E-state index is 12.1. The number of hydrogen-bond donors (Lipinski definition) is 2. The number of carbonyl (C=O) groups excluding carboxylic acids is 3. The molecule has 1 rings (SSSR count). The SMILES string of the molecule is COC(=O)N(C)NC(=O)[C@H](Cc1ccccc1)NC(C)=O. The number of nitrogens with zero attached hydrogens (tertiary/aromatic N) is 1. The van der Waals surface area contributed by atoms with Gasteiger partial charge in [0.1, 0.15) is 6.04 Å². The Morgan fingerprint density at radius 2 is 1.86 bits per heavy atom. The molecule has 0 unspecified atom stereocenters. The maximum absolute atomic E-state index is 12.1. The lowest BCUT2D eigenvalue weighted by Gasteiger charge is -2.22. The van der Waals surface area contributed by atoms with Crippen LogP contribution < -0.4 is 10.7 Å². The number of carbonyl (C=O) groups is 3. The van der Waals surface area contributed by atoms with Crippen LogP contribution in [-0.4, -0.2) is 43.1 Å². The zero-order valence-corrected chi connectivity index (χ0v) is 12.3. The van der Waals surface area contributed by atoms with Crippen LogP contribution in [0, 0.1) is 0 Å². The topological polar surface area (TPSA) is 87.7 Å². The minimum Gasteiger partial charge on any atom is -0.452 e. The Labute approximate surface area is 123 Å². The van der Waals surface area contributed by atoms with Gasteiger partial charge < -0.3 is 10.1 Å². The normalized spacial score (nSPS) is 11.2. The average molecular weight is 293 g/mol. The molecule has 0 radical (unpaired) electrons. The number of hydrogen-bond acceptors (Lipinski definition) is 4. The smallest absolute Gasteiger partial charge is 0.428 e. The van der Waals surface area contributed by atoms with Crippen LogP contribution in [-0.2, 0) is 20.7 Å². The molecule has 7 heteroatoms. The fraction of sp³-hybridized carbons (Fsp3) is 0.357. The van der Waals surface area contributed by atoms with Gasteiger partial charge in [0, 0.05) is 20.4 Å². The van der Waals surface area contributed by atoms with Gasteiger partial charge in [-0.1, -0.05) is 30.3 Å². The quantitative estimate of drug-likeness (QED) is 0.790. The minimum absolute atomic E-state index is 0.321. The number of amides is 3. The Morgan fingerprint density at radius 1 is 1.24 bits per heavy atom. The first-order valence-electron chi connectivity index (χ1n) is 6.37. The fourth-order valence-electron chi connectivity index (χ4n) is 1.73. The molecule has 1 aromatic carbocycles. The minimum atomic E-state index is -0.781. The zero-order chi connectivity index (χ0) is 15.8. The van der Waals surface area contributed by atoms with E-state index in [4.69, 9.17) is 0 Å². The second kappa shape index (κ2) is 7.88. The lowest BCUT2D eigenvalue weighted by Crippen LogP contribution is -2.53. The van der Waals surface area contributed by atoms with Gasteiger partial charge in [-0.2, -0.15) is 0 Å². The molecule has 0 saturated heterocycles. The molecule has 114 valence electrons. The third kappa shape index (κ3) is 5.52. The van der Waals surface area contributed by atoms with E-state index in [0.717, 1.165) is 10.6 Å². The molecule has 1 aromatic rings. The lowest BCUT2D eigenvalue weighted by molar-refractivity contribution is -0.130. The van der Waals surface area contributed by atoms with Crippen molar-refractivity contribution in [3.63, 3.8) is 0 Å². The van der Waals surface area contributed by atoms with Crippen LogP contribution in [0.5, 0.6) is 0 Å². The summed E-state index contributed by atoms with van der Waals surface area (Å²) in [6.45, 7) is 1.33. The van der Waals surface area contributed by atoms with E-state index in [1.807, 2.05) is 30.3 Å². The van der Waals surface area contributed by atoms with E-state index in [-0.39, 0.29) is 5.91 Å². The predicted octanol–water partition coefficient (Wildman–Crippen LogP) is 0.463. The van der Waals surface area contributed by atoms with Crippen LogP contribution in [0.15, 0.2) is 30.3 Å². The Morgan fingerprint density at radius 3 is 2.38 bits per heavy atom. The molecule has 2 N–H and O–H groups in total. The Kier molecular flexibility index (Phi) is 6.19. The summed E-state index contributed by atoms with van der Waals surface area (Å²) in [4.78, 5) is 34.6. The molecule has 0 spiro atoms. The van der Waals surface area contributed by atoms with Crippen molar-refractivity contribution in [2.75, 3.05) is 14.2 Å². The molecular weight excluding hydrogens is 274 g/mol. The van der Waals surface area contributed by atoms with Gasteiger partial charge in [-0.15, -0.1) is 0 Å². The van der Waals surface area contributed by atoms with Crippen molar-refractivity contribution in [2.45, 2.75) is 19.4 Å². The summed E-state index contributed by atoms with van der Waals surface area (Å²) in [5.41, 5.74) is 3.26. The molecule has 0 aliphatic carbocycles. The third-order valence-electron chi connectivity index (χ3n) is 2.70. The highest BCUT2D eigenvalue weighted by molar-refractivity contribution is 5.88. The summed E-state index contributed by atoms with van der Waals surface area (Å²) in [6, 6.07) is 8.48. The summed E-state index contributed by atoms with van der Waals surface area (Å²) < 4.78 is 4.48. The Balaban J connectivity index is 2.75. The number of ether oxygens (including phenoxy) is 1. The van der Waals surface area contributed by atoms with E-state index < -0.39 is 18.0 Å². The van der Waals surface area contributed by atoms with Gasteiger partial charge in [0.05, 0.1) is 7.11 Å². The maximum Gasteiger partial charge on any atom is 0.428 e. The number of rotatable bonds is 4. The van der Waals surface area contributed by atoms with Gasteiger partial charge in [-0.05, 0) is 5.56 Å². The first-order chi connectivity index (χ1) is 9.93. The first-order valence-corrected chi connectivity index (χ1v) is 6.37. The molecule has 0 aromatic heterocycles. The van der Waals surface area contributed by atoms with Crippen molar-refractivity contribution in [3.05, 3.63) is 35.9 Å². The highest BCUT2D eigenvalue weighted by Gasteiger charge is 2.22. The average Bonchev–Trinajstić information content (AvgIpc) is 2.46. The van der Waals surface area contributed by atoms with Crippen LogP contribution in [0.25, 0.3) is 0 Å². The standard InChI is InChI=1S/C14H19N3O4/c1-10(18)15-12(9-11-7-5-4-6-8-11)13(19)16-17(2)14(20)21-3/h4-8,12H,9H2,1-3H3,(H,15,18)(H,16,19)/t12-/m0/s1. The van der Waals surface area contributed by atoms with Crippen LogP contribution >= 0.6 is 0 Å². The molecule has 0 fully saturated rings. The zero-order valence-electron chi connectivity index (χ0n) is 12.3. The highest BCUT2D eigenvalue weighted by Crippen LogP contribution is 2.04. The van der Waals surface area contributed by atoms with Gasteiger partial charge in [0.2, 0.25) is 5.91 Å². The summed E-state index contributed by atoms with van der Waals surface area (Å²) in [5.74, 6) is -0.825. The van der Waals surface area contributed by atoms with E-state index in [0.29, 0.717) is 6.42 Å². The van der Waals surface area contributed by atoms with Crippen LogP contribution in [0.4, 0.5) is 4.79 Å². The third-order valence-corrected chi connectivity index (χ3v) is 2.70. The second-order valence-electron chi connectivity index (χ2n) is 4.45. The fourth-order valence-corrected chi connectivity index (χ4v) is 1.73. The summed E-state index contributed by atoms with van der Waals surface area (Å²) in [6.07, 6.45) is -0.383. The van der Waals surface area contributed by atoms with Gasteiger partial charge in [0.25, 0.3) is 5.91 Å². The largest absolute Gasteiger partial charge is 0.452 e. The van der Waals surface area contributed by atoms with E-state index >= 15 is 0 Å².